The molecule has 1 saturated carbocycles. The molecular formula is C9H11NaO8. The summed E-state index contributed by atoms with van der Waals surface area (Å²) in [4.78, 5) is 44.3. The van der Waals surface area contributed by atoms with Gasteiger partial charge in [0.2, 0.25) is 0 Å². The van der Waals surface area contributed by atoms with E-state index in [2.05, 4.69) is 0 Å². The van der Waals surface area contributed by atoms with Crippen LogP contribution in [0, 0.1) is 10.8 Å². The van der Waals surface area contributed by atoms with Crippen LogP contribution < -0.4 is 0 Å². The Morgan fingerprint density at radius 3 is 1.06 bits per heavy atom. The molecule has 0 amide bonds. The van der Waals surface area contributed by atoms with Crippen molar-refractivity contribution in [1.82, 2.24) is 0 Å². The van der Waals surface area contributed by atoms with Crippen molar-refractivity contribution in [2.24, 2.45) is 10.8 Å². The molecule has 96 valence electrons. The number of hydrogen-bond donors (Lipinski definition) is 4. The molecule has 1 aliphatic rings. The Labute approximate surface area is 123 Å². The zero-order chi connectivity index (χ0) is 13.4. The third-order valence-corrected chi connectivity index (χ3v) is 3.29. The summed E-state index contributed by atoms with van der Waals surface area (Å²) in [6, 6.07) is 0. The van der Waals surface area contributed by atoms with E-state index in [0.29, 0.717) is 0 Å². The zero-order valence-corrected chi connectivity index (χ0v) is 8.54. The summed E-state index contributed by atoms with van der Waals surface area (Å²) in [6.45, 7) is 0. The summed E-state index contributed by atoms with van der Waals surface area (Å²) in [6.07, 6.45) is -1.12. The number of aliphatic carboxylic acids is 4. The quantitative estimate of drug-likeness (QED) is 0.369. The zero-order valence-electron chi connectivity index (χ0n) is 8.54. The third kappa shape index (κ3) is 1.80. The van der Waals surface area contributed by atoms with Gasteiger partial charge in [0.15, 0.2) is 10.8 Å². The maximum atomic E-state index is 11.1. The van der Waals surface area contributed by atoms with E-state index < -0.39 is 47.5 Å². The van der Waals surface area contributed by atoms with Crippen molar-refractivity contribution in [1.29, 1.82) is 0 Å². The first-order valence-electron chi connectivity index (χ1n) is 4.67. The van der Waals surface area contributed by atoms with E-state index >= 15 is 0 Å². The number of rotatable bonds is 4. The van der Waals surface area contributed by atoms with Crippen molar-refractivity contribution in [2.75, 3.05) is 0 Å². The summed E-state index contributed by atoms with van der Waals surface area (Å²) >= 11 is 0. The van der Waals surface area contributed by atoms with E-state index in [4.69, 9.17) is 20.4 Å². The van der Waals surface area contributed by atoms with Crippen LogP contribution >= 0.6 is 0 Å². The summed E-state index contributed by atoms with van der Waals surface area (Å²) in [7, 11) is 0. The van der Waals surface area contributed by atoms with Gasteiger partial charge < -0.3 is 20.4 Å². The second-order valence-electron chi connectivity index (χ2n) is 3.88. The molecule has 0 aliphatic heterocycles. The van der Waals surface area contributed by atoms with Crippen LogP contribution in [0.4, 0.5) is 0 Å². The number of carbonyl (C=O) groups is 4. The molecule has 0 aromatic carbocycles. The van der Waals surface area contributed by atoms with Crippen molar-refractivity contribution >= 4 is 53.4 Å². The molecule has 0 bridgehead atoms. The molecule has 0 heterocycles. The van der Waals surface area contributed by atoms with Crippen LogP contribution in [0.15, 0.2) is 0 Å². The van der Waals surface area contributed by atoms with Gasteiger partial charge >= 0.3 is 53.4 Å². The molecule has 0 unspecified atom stereocenters. The van der Waals surface area contributed by atoms with Gasteiger partial charge in [-0.25, -0.2) is 0 Å². The van der Waals surface area contributed by atoms with Gasteiger partial charge in [0.25, 0.3) is 0 Å². The number of carboxylic acid groups (broad SMARTS) is 4. The topological polar surface area (TPSA) is 149 Å². The van der Waals surface area contributed by atoms with E-state index in [1.165, 1.54) is 0 Å². The van der Waals surface area contributed by atoms with Crippen LogP contribution in [0.1, 0.15) is 19.3 Å². The summed E-state index contributed by atoms with van der Waals surface area (Å²) in [5.74, 6) is -7.75. The first-order valence-corrected chi connectivity index (χ1v) is 4.67. The minimum atomic E-state index is -2.81. The normalized spacial score (nSPS) is 19.6. The summed E-state index contributed by atoms with van der Waals surface area (Å²) in [5, 5.41) is 35.8. The second kappa shape index (κ2) is 5.25. The third-order valence-electron chi connectivity index (χ3n) is 3.29. The molecule has 4 N–H and O–H groups in total. The SMILES string of the molecule is O=C(O)C1(C(=O)O)CCCC1(C(=O)O)C(=O)O.[NaH]. The first-order chi connectivity index (χ1) is 7.73. The fraction of sp³-hybridized carbons (Fsp3) is 0.556. The molecule has 0 aromatic rings. The molecule has 1 aliphatic carbocycles. The van der Waals surface area contributed by atoms with Gasteiger partial charge in [0.1, 0.15) is 0 Å². The van der Waals surface area contributed by atoms with Gasteiger partial charge in [-0.1, -0.05) is 0 Å². The van der Waals surface area contributed by atoms with Gasteiger partial charge in [-0.05, 0) is 19.3 Å². The van der Waals surface area contributed by atoms with Crippen molar-refractivity contribution in [3.05, 3.63) is 0 Å². The van der Waals surface area contributed by atoms with E-state index in [1.54, 1.807) is 0 Å². The molecular weight excluding hydrogens is 259 g/mol. The predicted octanol–water partition coefficient (Wildman–Crippen LogP) is -1.17. The van der Waals surface area contributed by atoms with Gasteiger partial charge in [-0.3, -0.25) is 19.2 Å². The Morgan fingerprint density at radius 1 is 0.667 bits per heavy atom. The number of carboxylic acids is 4. The van der Waals surface area contributed by atoms with E-state index in [0.717, 1.165) is 0 Å². The molecule has 1 rings (SSSR count). The van der Waals surface area contributed by atoms with Crippen LogP contribution in [0.5, 0.6) is 0 Å². The predicted molar refractivity (Wildman–Crippen MR) is 56.4 cm³/mol. The Hall–Kier alpha value is -1.12. The van der Waals surface area contributed by atoms with Gasteiger partial charge in [0, 0.05) is 0 Å². The molecule has 8 nitrogen and oxygen atoms in total. The average Bonchev–Trinajstić information content (AvgIpc) is 2.58. The molecule has 0 radical (unpaired) electrons. The van der Waals surface area contributed by atoms with E-state index in [1.807, 2.05) is 0 Å². The average molecular weight is 270 g/mol. The monoisotopic (exact) mass is 270 g/mol. The van der Waals surface area contributed by atoms with Crippen LogP contribution in [0.25, 0.3) is 0 Å². The van der Waals surface area contributed by atoms with Crippen LogP contribution in [0.3, 0.4) is 0 Å². The Kier molecular flexibility index (Phi) is 4.92. The van der Waals surface area contributed by atoms with Crippen molar-refractivity contribution in [3.63, 3.8) is 0 Å². The van der Waals surface area contributed by atoms with Crippen LogP contribution in [-0.4, -0.2) is 73.9 Å². The van der Waals surface area contributed by atoms with Gasteiger partial charge in [-0.15, -0.1) is 0 Å². The van der Waals surface area contributed by atoms with Crippen LogP contribution in [-0.2, 0) is 19.2 Å². The summed E-state index contributed by atoms with van der Waals surface area (Å²) < 4.78 is 0. The van der Waals surface area contributed by atoms with E-state index in [9.17, 15) is 19.2 Å². The molecule has 9 heteroatoms. The van der Waals surface area contributed by atoms with Crippen molar-refractivity contribution in [3.8, 4) is 0 Å². The fourth-order valence-corrected chi connectivity index (χ4v) is 2.39. The minimum absolute atomic E-state index is 0. The second-order valence-corrected chi connectivity index (χ2v) is 3.88. The number of hydrogen-bond acceptors (Lipinski definition) is 4. The molecule has 0 saturated heterocycles. The van der Waals surface area contributed by atoms with Crippen molar-refractivity contribution in [2.45, 2.75) is 19.3 Å². The molecule has 0 spiro atoms. The standard InChI is InChI=1S/C9H10O8.Na.H/c10-4(11)8(5(12)13)2-1-3-9(8,6(14)15)7(16)17;;/h1-3H2,(H,10,11)(H,12,13)(H,14,15)(H,16,17);;. The molecule has 0 atom stereocenters. The molecule has 18 heavy (non-hydrogen) atoms. The fourth-order valence-electron chi connectivity index (χ4n) is 2.39. The molecule has 1 fully saturated rings. The Balaban J connectivity index is 0.00000289. The van der Waals surface area contributed by atoms with Gasteiger partial charge in [0.05, 0.1) is 0 Å². The molecule has 0 aromatic heterocycles. The maximum absolute atomic E-state index is 11.1. The van der Waals surface area contributed by atoms with Crippen molar-refractivity contribution < 1.29 is 39.6 Å². The first kappa shape index (κ1) is 16.9. The Morgan fingerprint density at radius 2 is 0.889 bits per heavy atom. The van der Waals surface area contributed by atoms with Crippen LogP contribution in [0.2, 0.25) is 0 Å². The van der Waals surface area contributed by atoms with Gasteiger partial charge in [-0.2, -0.15) is 0 Å². The summed E-state index contributed by atoms with van der Waals surface area (Å²) in [5.41, 5.74) is -5.63. The Bertz CT molecular complexity index is 349. The van der Waals surface area contributed by atoms with E-state index in [-0.39, 0.29) is 36.0 Å².